The molecule has 2 aromatic carbocycles. The van der Waals surface area contributed by atoms with Gasteiger partial charge in [0.05, 0.1) is 30.1 Å². The van der Waals surface area contributed by atoms with Gasteiger partial charge in [0, 0.05) is 11.6 Å². The molecule has 0 saturated heterocycles. The summed E-state index contributed by atoms with van der Waals surface area (Å²) >= 11 is 0. The highest BCUT2D eigenvalue weighted by molar-refractivity contribution is 6.11. The minimum Gasteiger partial charge on any atom is -0.490 e. The van der Waals surface area contributed by atoms with Crippen molar-refractivity contribution in [2.24, 2.45) is 0 Å². The third-order valence-electron chi connectivity index (χ3n) is 5.74. The number of benzene rings is 2. The summed E-state index contributed by atoms with van der Waals surface area (Å²) < 4.78 is 20.7. The fraction of sp³-hybridized carbons (Fsp3) is 0.292. The molecule has 172 valence electrons. The van der Waals surface area contributed by atoms with Crippen LogP contribution in [0.15, 0.2) is 54.7 Å². The van der Waals surface area contributed by atoms with Crippen LogP contribution in [0.4, 0.5) is 10.2 Å². The number of hydrogen-bond donors (Lipinski definition) is 3. The van der Waals surface area contributed by atoms with Crippen molar-refractivity contribution >= 4 is 17.6 Å². The quantitative estimate of drug-likeness (QED) is 0.449. The van der Waals surface area contributed by atoms with Crippen LogP contribution in [0.25, 0.3) is 5.69 Å². The Hall–Kier alpha value is -3.72. The molecule has 0 bridgehead atoms. The molecule has 0 unspecified atom stereocenters. The number of nitrogens with two attached hydrogens (primary N) is 1. The Morgan fingerprint density at radius 3 is 2.58 bits per heavy atom. The molecular formula is C24H25FN4O4. The molecule has 4 N–H and O–H groups in total. The number of nitrogen functional groups attached to an aromatic ring is 1. The number of aromatic nitrogens is 2. The smallest absolute Gasteiger partial charge is 0.317 e. The summed E-state index contributed by atoms with van der Waals surface area (Å²) in [6.07, 6.45) is 4.66. The molecule has 0 atom stereocenters. The summed E-state index contributed by atoms with van der Waals surface area (Å²) in [5.74, 6) is -0.758. The number of nitrogens with zero attached hydrogens (tertiary/aromatic N) is 2. The summed E-state index contributed by atoms with van der Waals surface area (Å²) in [6, 6.07) is 12.8. The molecule has 3 aromatic rings. The van der Waals surface area contributed by atoms with Crippen molar-refractivity contribution in [1.29, 1.82) is 0 Å². The van der Waals surface area contributed by atoms with Gasteiger partial charge >= 0.3 is 5.97 Å². The molecule has 0 amide bonds. The second kappa shape index (κ2) is 9.83. The van der Waals surface area contributed by atoms with E-state index in [1.165, 1.54) is 35.1 Å². The summed E-state index contributed by atoms with van der Waals surface area (Å²) in [6.45, 7) is -0.0405. The number of hydrogen-bond acceptors (Lipinski definition) is 6. The molecule has 1 aliphatic carbocycles. The number of carbonyl (C=O) groups excluding carboxylic acids is 1. The summed E-state index contributed by atoms with van der Waals surface area (Å²) in [4.78, 5) is 23.8. The molecule has 1 aromatic heterocycles. The molecule has 1 heterocycles. The highest BCUT2D eigenvalue weighted by atomic mass is 19.1. The average molecular weight is 452 g/mol. The number of halogens is 1. The van der Waals surface area contributed by atoms with Crippen LogP contribution in [-0.2, 0) is 4.79 Å². The Balaban J connectivity index is 1.42. The van der Waals surface area contributed by atoms with E-state index in [1.54, 1.807) is 24.3 Å². The number of carboxylic acids is 1. The van der Waals surface area contributed by atoms with Crippen molar-refractivity contribution in [3.63, 3.8) is 0 Å². The number of aliphatic carboxylic acids is 1. The van der Waals surface area contributed by atoms with Gasteiger partial charge in [-0.2, -0.15) is 5.10 Å². The van der Waals surface area contributed by atoms with Crippen LogP contribution in [0, 0.1) is 5.82 Å². The van der Waals surface area contributed by atoms with Gasteiger partial charge in [-0.05, 0) is 62.1 Å². The van der Waals surface area contributed by atoms with Crippen LogP contribution in [0.1, 0.15) is 41.6 Å². The van der Waals surface area contributed by atoms with Crippen molar-refractivity contribution in [3.8, 4) is 11.4 Å². The number of nitrogens with one attached hydrogen (secondary N) is 1. The molecule has 33 heavy (non-hydrogen) atoms. The van der Waals surface area contributed by atoms with Gasteiger partial charge in [0.25, 0.3) is 0 Å². The van der Waals surface area contributed by atoms with Gasteiger partial charge < -0.3 is 20.9 Å². The van der Waals surface area contributed by atoms with Crippen molar-refractivity contribution in [2.75, 3.05) is 12.3 Å². The maximum Gasteiger partial charge on any atom is 0.317 e. The number of rotatable bonds is 8. The second-order valence-electron chi connectivity index (χ2n) is 8.05. The van der Waals surface area contributed by atoms with Gasteiger partial charge in [0.15, 0.2) is 5.78 Å². The Labute approximate surface area is 190 Å². The molecule has 1 aliphatic rings. The fourth-order valence-electron chi connectivity index (χ4n) is 4.00. The van der Waals surface area contributed by atoms with Crippen molar-refractivity contribution in [3.05, 3.63) is 71.7 Å². The number of carboxylic acid groups (broad SMARTS) is 1. The molecule has 8 nitrogen and oxygen atoms in total. The first-order chi connectivity index (χ1) is 15.9. The van der Waals surface area contributed by atoms with Crippen LogP contribution in [-0.4, -0.2) is 45.3 Å². The zero-order chi connectivity index (χ0) is 23.4. The van der Waals surface area contributed by atoms with E-state index in [-0.39, 0.29) is 41.7 Å². The van der Waals surface area contributed by atoms with E-state index in [4.69, 9.17) is 15.6 Å². The topological polar surface area (TPSA) is 119 Å². The summed E-state index contributed by atoms with van der Waals surface area (Å²) in [7, 11) is 0. The zero-order valence-corrected chi connectivity index (χ0v) is 17.9. The third kappa shape index (κ3) is 5.38. The standard InChI is InChI=1S/C24H25FN4O4/c25-16-4-8-18(9-5-16)29-24(26)21(13-28-29)23(32)15-2-1-3-20(12-15)33-19-10-6-17(7-11-19)27-14-22(30)31/h1-5,8-9,12-13,17,19,27H,6-7,10-11,14,26H2,(H,30,31). The molecule has 0 spiro atoms. The first-order valence-corrected chi connectivity index (χ1v) is 10.8. The van der Waals surface area contributed by atoms with Crippen molar-refractivity contribution in [2.45, 2.75) is 37.8 Å². The molecule has 1 fully saturated rings. The zero-order valence-electron chi connectivity index (χ0n) is 17.9. The number of ketones is 1. The van der Waals surface area contributed by atoms with Gasteiger partial charge in [-0.3, -0.25) is 9.59 Å². The Morgan fingerprint density at radius 1 is 1.15 bits per heavy atom. The van der Waals surface area contributed by atoms with E-state index in [1.807, 2.05) is 0 Å². The first-order valence-electron chi connectivity index (χ1n) is 10.8. The molecule has 1 saturated carbocycles. The van der Waals surface area contributed by atoms with Crippen LogP contribution in [0.2, 0.25) is 0 Å². The minimum atomic E-state index is -0.862. The predicted molar refractivity (Wildman–Crippen MR) is 120 cm³/mol. The average Bonchev–Trinajstić information content (AvgIpc) is 3.20. The van der Waals surface area contributed by atoms with Crippen molar-refractivity contribution in [1.82, 2.24) is 15.1 Å². The highest BCUT2D eigenvalue weighted by Crippen LogP contribution is 2.26. The molecule has 0 radical (unpaired) electrons. The molecule has 4 rings (SSSR count). The SMILES string of the molecule is Nc1c(C(=O)c2cccc(OC3CCC(NCC(=O)O)CC3)c2)cnn1-c1ccc(F)cc1. The lowest BCUT2D eigenvalue weighted by Gasteiger charge is -2.29. The molecular weight excluding hydrogens is 427 g/mol. The van der Waals surface area contributed by atoms with Gasteiger partial charge in [-0.1, -0.05) is 12.1 Å². The van der Waals surface area contributed by atoms with Gasteiger partial charge in [-0.25, -0.2) is 9.07 Å². The van der Waals surface area contributed by atoms with E-state index in [0.717, 1.165) is 25.7 Å². The van der Waals surface area contributed by atoms with Crippen LogP contribution >= 0.6 is 0 Å². The Morgan fingerprint density at radius 2 is 1.88 bits per heavy atom. The van der Waals surface area contributed by atoms with E-state index in [2.05, 4.69) is 10.4 Å². The van der Waals surface area contributed by atoms with E-state index < -0.39 is 5.97 Å². The van der Waals surface area contributed by atoms with E-state index >= 15 is 0 Å². The van der Waals surface area contributed by atoms with Gasteiger partial charge in [0.2, 0.25) is 0 Å². The van der Waals surface area contributed by atoms with Crippen LogP contribution in [0.3, 0.4) is 0 Å². The Bertz CT molecular complexity index is 1140. The maximum atomic E-state index is 13.2. The minimum absolute atomic E-state index is 0.00419. The fourth-order valence-corrected chi connectivity index (χ4v) is 4.00. The lowest BCUT2D eigenvalue weighted by Crippen LogP contribution is -2.38. The second-order valence-corrected chi connectivity index (χ2v) is 8.05. The summed E-state index contributed by atoms with van der Waals surface area (Å²) in [5.41, 5.74) is 7.40. The number of carbonyl (C=O) groups is 2. The third-order valence-corrected chi connectivity index (χ3v) is 5.74. The molecule has 0 aliphatic heterocycles. The van der Waals surface area contributed by atoms with E-state index in [9.17, 15) is 14.0 Å². The predicted octanol–water partition coefficient (Wildman–Crippen LogP) is 3.19. The highest BCUT2D eigenvalue weighted by Gasteiger charge is 2.23. The monoisotopic (exact) mass is 452 g/mol. The number of anilines is 1. The normalized spacial score (nSPS) is 18.1. The van der Waals surface area contributed by atoms with Gasteiger partial charge in [0.1, 0.15) is 17.4 Å². The largest absolute Gasteiger partial charge is 0.490 e. The van der Waals surface area contributed by atoms with Crippen LogP contribution in [0.5, 0.6) is 5.75 Å². The lowest BCUT2D eigenvalue weighted by atomic mass is 9.93. The molecule has 9 heteroatoms. The number of ether oxygens (including phenoxy) is 1. The van der Waals surface area contributed by atoms with Crippen LogP contribution < -0.4 is 15.8 Å². The van der Waals surface area contributed by atoms with Gasteiger partial charge in [-0.15, -0.1) is 0 Å². The first kappa shape index (κ1) is 22.5. The van der Waals surface area contributed by atoms with Crippen molar-refractivity contribution < 1.29 is 23.8 Å². The lowest BCUT2D eigenvalue weighted by molar-refractivity contribution is -0.136. The maximum absolute atomic E-state index is 13.2. The summed E-state index contributed by atoms with van der Waals surface area (Å²) in [5, 5.41) is 16.0. The van der Waals surface area contributed by atoms with E-state index in [0.29, 0.717) is 17.0 Å². The Kier molecular flexibility index (Phi) is 6.69.